The van der Waals surface area contributed by atoms with Crippen LogP contribution in [0.2, 0.25) is 0 Å². The Hall–Kier alpha value is 0.496. The van der Waals surface area contributed by atoms with Crippen molar-refractivity contribution in [1.82, 2.24) is 5.06 Å². The second kappa shape index (κ2) is 11.2. The number of hydrogen-bond acceptors (Lipinski definition) is 4. The Kier molecular flexibility index (Phi) is 12.5. The molecule has 2 saturated carbocycles. The molecule has 2 fully saturated rings. The Morgan fingerprint density at radius 2 is 1.43 bits per heavy atom. The van der Waals surface area contributed by atoms with Gasteiger partial charge in [0.05, 0.1) is 13.0 Å². The molecular formula is C16H30KNO5. The van der Waals surface area contributed by atoms with Crippen LogP contribution in [-0.2, 0) is 14.4 Å². The number of hydroxylamine groups is 2. The zero-order chi connectivity index (χ0) is 17.7. The van der Waals surface area contributed by atoms with Gasteiger partial charge in [-0.3, -0.25) is 14.4 Å². The average molecular weight is 356 g/mol. The summed E-state index contributed by atoms with van der Waals surface area (Å²) in [5, 5.41) is 19.6. The predicted molar refractivity (Wildman–Crippen MR) is 81.7 cm³/mol. The Labute approximate surface area is 182 Å². The van der Waals surface area contributed by atoms with Gasteiger partial charge < -0.3 is 10.2 Å². The van der Waals surface area contributed by atoms with E-state index in [-0.39, 0.29) is 69.1 Å². The second-order valence-electron chi connectivity index (χ2n) is 7.11. The van der Waals surface area contributed by atoms with Crippen LogP contribution in [0.3, 0.4) is 0 Å². The minimum Gasteiger partial charge on any atom is -0.850 e. The first-order valence-corrected chi connectivity index (χ1v) is 7.63. The summed E-state index contributed by atoms with van der Waals surface area (Å²) >= 11 is 0. The maximum Gasteiger partial charge on any atom is 1.00 e. The number of hydrogen-bond donors (Lipinski definition) is 1. The van der Waals surface area contributed by atoms with Crippen molar-refractivity contribution in [3.05, 3.63) is 0 Å². The fourth-order valence-electron chi connectivity index (χ4n) is 1.66. The van der Waals surface area contributed by atoms with Crippen LogP contribution < -0.4 is 56.5 Å². The van der Waals surface area contributed by atoms with Crippen LogP contribution in [0.25, 0.3) is 0 Å². The Morgan fingerprint density at radius 1 is 1.13 bits per heavy atom. The van der Waals surface area contributed by atoms with Gasteiger partial charge in [0.15, 0.2) is 0 Å². The molecule has 4 atom stereocenters. The Morgan fingerprint density at radius 3 is 1.57 bits per heavy atom. The molecule has 0 radical (unpaired) electrons. The van der Waals surface area contributed by atoms with Gasteiger partial charge in [-0.15, -0.1) is 5.60 Å². The number of aliphatic carboxylic acids is 1. The van der Waals surface area contributed by atoms with Crippen molar-refractivity contribution in [2.45, 2.75) is 53.1 Å². The molecule has 0 aromatic rings. The topological polar surface area (TPSA) is 89.9 Å². The third-order valence-electron chi connectivity index (χ3n) is 3.44. The largest absolute Gasteiger partial charge is 1.00 e. The molecule has 1 amide bonds. The van der Waals surface area contributed by atoms with Gasteiger partial charge in [0.25, 0.3) is 0 Å². The molecule has 23 heavy (non-hydrogen) atoms. The number of rotatable bonds is 3. The zero-order valence-corrected chi connectivity index (χ0v) is 18.9. The first-order valence-electron chi connectivity index (χ1n) is 7.63. The van der Waals surface area contributed by atoms with E-state index in [0.29, 0.717) is 11.8 Å². The fourth-order valence-corrected chi connectivity index (χ4v) is 1.66. The standard InChI is InChI=1S/C7H13NO2.C5H8O2.C4H9O.K/c1-5-4-6(5)7(9)8(2)10-3;1-3-2-4(3)5(6)7;1-4(2,3)5;/h5-6H,4H2,1-3H3;3-4H,2H2,1H3,(H,6,7);1-3H3;/q;;-1;+1. The molecule has 0 spiro atoms. The number of nitrogens with zero attached hydrogens (tertiary/aromatic N) is 1. The zero-order valence-electron chi connectivity index (χ0n) is 15.8. The van der Waals surface area contributed by atoms with Crippen LogP contribution in [0.15, 0.2) is 0 Å². The van der Waals surface area contributed by atoms with Gasteiger partial charge in [-0.1, -0.05) is 34.6 Å². The quantitative estimate of drug-likeness (QED) is 0.494. The average Bonchev–Trinajstić information content (AvgIpc) is 3.25. The molecule has 0 aliphatic heterocycles. The minimum atomic E-state index is -0.750. The number of carbonyl (C=O) groups excluding carboxylic acids is 1. The monoisotopic (exact) mass is 355 g/mol. The van der Waals surface area contributed by atoms with Crippen LogP contribution in [0.4, 0.5) is 0 Å². The van der Waals surface area contributed by atoms with Crippen molar-refractivity contribution in [2.24, 2.45) is 23.7 Å². The third kappa shape index (κ3) is 13.5. The first kappa shape index (κ1) is 25.7. The molecule has 0 saturated heterocycles. The molecular weight excluding hydrogens is 325 g/mol. The summed E-state index contributed by atoms with van der Waals surface area (Å²) in [4.78, 5) is 25.9. The van der Waals surface area contributed by atoms with E-state index < -0.39 is 11.6 Å². The summed E-state index contributed by atoms with van der Waals surface area (Å²) in [7, 11) is 3.15. The van der Waals surface area contributed by atoms with Crippen molar-refractivity contribution in [3.8, 4) is 0 Å². The molecule has 0 bridgehead atoms. The molecule has 0 aromatic carbocycles. The molecule has 130 valence electrons. The van der Waals surface area contributed by atoms with E-state index >= 15 is 0 Å². The molecule has 2 aliphatic carbocycles. The van der Waals surface area contributed by atoms with Crippen LogP contribution in [-0.4, -0.2) is 41.8 Å². The van der Waals surface area contributed by atoms with Gasteiger partial charge in [-0.25, -0.2) is 5.06 Å². The molecule has 2 rings (SSSR count). The fraction of sp³-hybridized carbons (Fsp3) is 0.875. The second-order valence-corrected chi connectivity index (χ2v) is 7.11. The summed E-state index contributed by atoms with van der Waals surface area (Å²) in [6.07, 6.45) is 1.90. The summed E-state index contributed by atoms with van der Waals surface area (Å²) in [5.41, 5.74) is -0.750. The molecule has 1 N–H and O–H groups in total. The van der Waals surface area contributed by atoms with Crippen LogP contribution in [0.1, 0.15) is 47.5 Å². The van der Waals surface area contributed by atoms with Gasteiger partial charge in [0.1, 0.15) is 0 Å². The summed E-state index contributed by atoms with van der Waals surface area (Å²) in [6, 6.07) is 0. The van der Waals surface area contributed by atoms with E-state index in [4.69, 9.17) is 9.94 Å². The minimum absolute atomic E-state index is 0. The van der Waals surface area contributed by atoms with Gasteiger partial charge in [0.2, 0.25) is 5.91 Å². The van der Waals surface area contributed by atoms with Crippen molar-refractivity contribution in [1.29, 1.82) is 0 Å². The Balaban J connectivity index is 0. The van der Waals surface area contributed by atoms with E-state index in [9.17, 15) is 14.7 Å². The molecule has 7 heteroatoms. The molecule has 6 nitrogen and oxygen atoms in total. The van der Waals surface area contributed by atoms with Crippen LogP contribution in [0, 0.1) is 23.7 Å². The summed E-state index contributed by atoms with van der Waals surface area (Å²) in [6.45, 7) is 8.93. The summed E-state index contributed by atoms with van der Waals surface area (Å²) < 4.78 is 0. The third-order valence-corrected chi connectivity index (χ3v) is 3.44. The number of carboxylic acids is 1. The summed E-state index contributed by atoms with van der Waals surface area (Å²) in [5.74, 6) is 0.690. The van der Waals surface area contributed by atoms with Gasteiger partial charge in [-0.05, 0) is 24.7 Å². The van der Waals surface area contributed by atoms with E-state index in [1.807, 2.05) is 6.92 Å². The smallest absolute Gasteiger partial charge is 0.850 e. The van der Waals surface area contributed by atoms with E-state index in [2.05, 4.69) is 6.92 Å². The Bertz CT molecular complexity index is 371. The number of amides is 1. The molecule has 4 unspecified atom stereocenters. The molecule has 0 heterocycles. The first-order chi connectivity index (χ1) is 9.88. The number of carboxylic acid groups (broad SMARTS) is 1. The maximum absolute atomic E-state index is 11.1. The van der Waals surface area contributed by atoms with Crippen LogP contribution in [0.5, 0.6) is 0 Å². The van der Waals surface area contributed by atoms with Gasteiger partial charge in [0, 0.05) is 13.0 Å². The van der Waals surface area contributed by atoms with E-state index in [1.54, 1.807) is 27.8 Å². The predicted octanol–water partition coefficient (Wildman–Crippen LogP) is -1.46. The van der Waals surface area contributed by atoms with Crippen LogP contribution >= 0.6 is 0 Å². The SMILES string of the molecule is CC(C)(C)[O-].CC1CC1C(=O)O.CON(C)C(=O)C1CC1C.[K+]. The molecule has 2 aliphatic rings. The van der Waals surface area contributed by atoms with E-state index in [0.717, 1.165) is 12.8 Å². The number of carbonyl (C=O) groups is 2. The van der Waals surface area contributed by atoms with E-state index in [1.165, 1.54) is 12.2 Å². The molecule has 0 aromatic heterocycles. The normalized spacial score (nSPS) is 27.1. The van der Waals surface area contributed by atoms with Crippen molar-refractivity contribution in [2.75, 3.05) is 14.2 Å². The van der Waals surface area contributed by atoms with Gasteiger partial charge >= 0.3 is 57.4 Å². The van der Waals surface area contributed by atoms with Crippen molar-refractivity contribution >= 4 is 11.9 Å². The van der Waals surface area contributed by atoms with Crippen molar-refractivity contribution in [3.63, 3.8) is 0 Å². The maximum atomic E-state index is 11.1. The van der Waals surface area contributed by atoms with Gasteiger partial charge in [-0.2, -0.15) is 0 Å². The van der Waals surface area contributed by atoms with Crippen molar-refractivity contribution < 1.29 is 76.0 Å².